The van der Waals surface area contributed by atoms with Crippen LogP contribution in [-0.4, -0.2) is 22.9 Å². The standard InChI is InChI=1S/C14H13NO4S/c16-11-7-5-8(7)12(17)15(11)13-10(14(18)19)6-3-1-2-4-9(6)20-13/h7-8H,1-5H2,(H,18,19). The van der Waals surface area contributed by atoms with E-state index >= 15 is 0 Å². The first-order chi connectivity index (χ1) is 9.59. The molecule has 1 aromatic heterocycles. The molecule has 0 radical (unpaired) electrons. The molecule has 1 aliphatic heterocycles. The molecule has 4 rings (SSSR count). The Bertz CT molecular complexity index is 642. The zero-order valence-corrected chi connectivity index (χ0v) is 11.5. The van der Waals surface area contributed by atoms with Gasteiger partial charge < -0.3 is 5.11 Å². The van der Waals surface area contributed by atoms with E-state index in [-0.39, 0.29) is 29.2 Å². The zero-order valence-electron chi connectivity index (χ0n) is 10.7. The number of amides is 2. The lowest BCUT2D eigenvalue weighted by Crippen LogP contribution is -2.33. The molecule has 0 bridgehead atoms. The molecule has 5 nitrogen and oxygen atoms in total. The van der Waals surface area contributed by atoms with Crippen molar-refractivity contribution in [3.8, 4) is 0 Å². The number of carboxylic acid groups (broad SMARTS) is 1. The van der Waals surface area contributed by atoms with Crippen molar-refractivity contribution in [1.29, 1.82) is 0 Å². The quantitative estimate of drug-likeness (QED) is 0.844. The van der Waals surface area contributed by atoms with E-state index in [1.165, 1.54) is 11.3 Å². The van der Waals surface area contributed by atoms with E-state index in [4.69, 9.17) is 0 Å². The van der Waals surface area contributed by atoms with Crippen molar-refractivity contribution in [2.45, 2.75) is 32.1 Å². The Balaban J connectivity index is 1.85. The summed E-state index contributed by atoms with van der Waals surface area (Å²) >= 11 is 1.32. The van der Waals surface area contributed by atoms with E-state index in [0.29, 0.717) is 11.4 Å². The summed E-state index contributed by atoms with van der Waals surface area (Å²) < 4.78 is 0. The summed E-state index contributed by atoms with van der Waals surface area (Å²) in [5, 5.41) is 9.83. The van der Waals surface area contributed by atoms with E-state index in [2.05, 4.69) is 0 Å². The number of carbonyl (C=O) groups is 3. The van der Waals surface area contributed by atoms with Gasteiger partial charge in [0.15, 0.2) is 0 Å². The van der Waals surface area contributed by atoms with E-state index in [9.17, 15) is 19.5 Å². The molecule has 2 amide bonds. The molecule has 2 heterocycles. The van der Waals surface area contributed by atoms with Gasteiger partial charge in [-0.1, -0.05) is 0 Å². The second-order valence-corrected chi connectivity index (χ2v) is 6.74. The Labute approximate surface area is 119 Å². The number of anilines is 1. The SMILES string of the molecule is O=C(O)c1c(N2C(=O)C3CC3C2=O)sc2c1CCCC2. The van der Waals surface area contributed by atoms with Crippen LogP contribution in [0, 0.1) is 11.8 Å². The predicted molar refractivity (Wildman–Crippen MR) is 72.0 cm³/mol. The predicted octanol–water partition coefficient (Wildman–Crippen LogP) is 1.83. The minimum atomic E-state index is -1.03. The Kier molecular flexibility index (Phi) is 2.36. The van der Waals surface area contributed by atoms with E-state index in [0.717, 1.165) is 41.0 Å². The maximum atomic E-state index is 12.2. The summed E-state index contributed by atoms with van der Waals surface area (Å²) in [5.41, 5.74) is 1.03. The molecule has 3 aliphatic rings. The van der Waals surface area contributed by atoms with E-state index in [1.54, 1.807) is 0 Å². The van der Waals surface area contributed by atoms with Gasteiger partial charge in [0.25, 0.3) is 0 Å². The van der Waals surface area contributed by atoms with E-state index < -0.39 is 5.97 Å². The average Bonchev–Trinajstić information content (AvgIpc) is 3.06. The number of carboxylic acids is 1. The third-order valence-corrected chi connectivity index (χ3v) is 5.71. The molecule has 2 fully saturated rings. The van der Waals surface area contributed by atoms with Crippen LogP contribution in [0.15, 0.2) is 0 Å². The number of aryl methyl sites for hydroxylation is 1. The molecule has 20 heavy (non-hydrogen) atoms. The van der Waals surface area contributed by atoms with Crippen LogP contribution in [0.5, 0.6) is 0 Å². The van der Waals surface area contributed by atoms with Crippen molar-refractivity contribution in [3.63, 3.8) is 0 Å². The highest BCUT2D eigenvalue weighted by atomic mass is 32.1. The number of piperidine rings is 1. The molecule has 0 aromatic carbocycles. The first-order valence-electron chi connectivity index (χ1n) is 6.85. The van der Waals surface area contributed by atoms with Crippen LogP contribution < -0.4 is 4.90 Å². The summed E-state index contributed by atoms with van der Waals surface area (Å²) in [7, 11) is 0. The summed E-state index contributed by atoms with van der Waals surface area (Å²) in [5.74, 6) is -1.82. The number of aromatic carboxylic acids is 1. The van der Waals surface area contributed by atoms with Crippen LogP contribution in [-0.2, 0) is 22.4 Å². The second-order valence-electron chi connectivity index (χ2n) is 5.66. The van der Waals surface area contributed by atoms with Gasteiger partial charge in [-0.05, 0) is 37.7 Å². The lowest BCUT2D eigenvalue weighted by Gasteiger charge is -2.15. The number of imide groups is 1. The first kappa shape index (κ1) is 12.1. The topological polar surface area (TPSA) is 74.7 Å². The fourth-order valence-corrected chi connectivity index (χ4v) is 4.70. The Morgan fingerprint density at radius 1 is 1.15 bits per heavy atom. The van der Waals surface area contributed by atoms with Gasteiger partial charge in [0.1, 0.15) is 5.00 Å². The minimum Gasteiger partial charge on any atom is -0.478 e. The normalized spacial score (nSPS) is 27.5. The monoisotopic (exact) mass is 291 g/mol. The van der Waals surface area contributed by atoms with Gasteiger partial charge in [0.05, 0.1) is 17.4 Å². The van der Waals surface area contributed by atoms with Crippen molar-refractivity contribution < 1.29 is 19.5 Å². The molecular weight excluding hydrogens is 278 g/mol. The Hall–Kier alpha value is -1.69. The summed E-state index contributed by atoms with van der Waals surface area (Å²) in [6, 6.07) is 0. The summed E-state index contributed by atoms with van der Waals surface area (Å²) in [6.45, 7) is 0. The Morgan fingerprint density at radius 2 is 1.80 bits per heavy atom. The second kappa shape index (κ2) is 3.91. The number of hydrogen-bond donors (Lipinski definition) is 1. The van der Waals surface area contributed by atoms with Gasteiger partial charge in [0.2, 0.25) is 11.8 Å². The average molecular weight is 291 g/mol. The molecule has 2 atom stereocenters. The van der Waals surface area contributed by atoms with Crippen LogP contribution in [0.4, 0.5) is 5.00 Å². The minimum absolute atomic E-state index is 0.188. The number of carbonyl (C=O) groups excluding carboxylic acids is 2. The summed E-state index contributed by atoms with van der Waals surface area (Å²) in [6.07, 6.45) is 4.23. The molecule has 1 aromatic rings. The van der Waals surface area contributed by atoms with Gasteiger partial charge in [0, 0.05) is 4.88 Å². The Morgan fingerprint density at radius 3 is 2.45 bits per heavy atom. The van der Waals surface area contributed by atoms with E-state index in [1.807, 2.05) is 0 Å². The van der Waals surface area contributed by atoms with Crippen molar-refractivity contribution >= 4 is 34.1 Å². The lowest BCUT2D eigenvalue weighted by molar-refractivity contribution is -0.123. The molecule has 0 spiro atoms. The molecule has 104 valence electrons. The number of rotatable bonds is 2. The van der Waals surface area contributed by atoms with Gasteiger partial charge >= 0.3 is 5.97 Å². The van der Waals surface area contributed by atoms with Crippen LogP contribution in [0.3, 0.4) is 0 Å². The summed E-state index contributed by atoms with van der Waals surface area (Å²) in [4.78, 5) is 38.1. The number of hydrogen-bond acceptors (Lipinski definition) is 4. The third kappa shape index (κ3) is 1.45. The van der Waals surface area contributed by atoms with Crippen molar-refractivity contribution in [3.05, 3.63) is 16.0 Å². The fraction of sp³-hybridized carbons (Fsp3) is 0.500. The molecule has 1 saturated carbocycles. The van der Waals surface area contributed by atoms with Crippen molar-refractivity contribution in [1.82, 2.24) is 0 Å². The number of fused-ring (bicyclic) bond motifs is 2. The van der Waals surface area contributed by atoms with Gasteiger partial charge in [-0.3, -0.25) is 9.59 Å². The molecular formula is C14H13NO4S. The number of nitrogens with zero attached hydrogens (tertiary/aromatic N) is 1. The highest BCUT2D eigenvalue weighted by Crippen LogP contribution is 2.51. The first-order valence-corrected chi connectivity index (χ1v) is 7.67. The molecule has 6 heteroatoms. The number of thiophene rings is 1. The molecule has 2 aliphatic carbocycles. The highest BCUT2D eigenvalue weighted by molar-refractivity contribution is 7.17. The van der Waals surface area contributed by atoms with Gasteiger partial charge in [-0.25, -0.2) is 9.69 Å². The highest BCUT2D eigenvalue weighted by Gasteiger charge is 2.60. The van der Waals surface area contributed by atoms with Crippen LogP contribution in [0.2, 0.25) is 0 Å². The smallest absolute Gasteiger partial charge is 0.339 e. The largest absolute Gasteiger partial charge is 0.478 e. The molecule has 2 unspecified atom stereocenters. The van der Waals surface area contributed by atoms with Gasteiger partial charge in [-0.15, -0.1) is 11.3 Å². The lowest BCUT2D eigenvalue weighted by atomic mass is 9.95. The van der Waals surface area contributed by atoms with Crippen molar-refractivity contribution in [2.24, 2.45) is 11.8 Å². The maximum absolute atomic E-state index is 12.2. The van der Waals surface area contributed by atoms with Crippen LogP contribution in [0.1, 0.15) is 40.1 Å². The van der Waals surface area contributed by atoms with Crippen molar-refractivity contribution in [2.75, 3.05) is 4.90 Å². The molecule has 1 saturated heterocycles. The van der Waals surface area contributed by atoms with Crippen LogP contribution in [0.25, 0.3) is 0 Å². The zero-order chi connectivity index (χ0) is 14.0. The van der Waals surface area contributed by atoms with Gasteiger partial charge in [-0.2, -0.15) is 0 Å². The third-order valence-electron chi connectivity index (χ3n) is 4.44. The molecule has 1 N–H and O–H groups in total. The fourth-order valence-electron chi connectivity index (χ4n) is 3.31. The van der Waals surface area contributed by atoms with Crippen LogP contribution >= 0.6 is 11.3 Å². The maximum Gasteiger partial charge on any atom is 0.339 e.